The van der Waals surface area contributed by atoms with Crippen LogP contribution >= 0.6 is 34.4 Å². The van der Waals surface area contributed by atoms with E-state index in [4.69, 9.17) is 0 Å². The molecule has 1 unspecified atom stereocenters. The first-order valence-electron chi connectivity index (χ1n) is 5.10. The smallest absolute Gasteiger partial charge is 0.225 e. The molecule has 1 aliphatic rings. The number of aromatic nitrogens is 2. The van der Waals surface area contributed by atoms with Gasteiger partial charge in [0.05, 0.1) is 0 Å². The van der Waals surface area contributed by atoms with Crippen LogP contribution in [0.25, 0.3) is 0 Å². The number of halogens is 1. The van der Waals surface area contributed by atoms with Crippen molar-refractivity contribution in [1.29, 1.82) is 0 Å². The zero-order valence-electron chi connectivity index (χ0n) is 8.69. The maximum Gasteiger partial charge on any atom is 0.225 e. The molecule has 0 radical (unpaired) electrons. The van der Waals surface area contributed by atoms with Gasteiger partial charge in [-0.25, -0.2) is 9.97 Å². The molecule has 15 heavy (non-hydrogen) atoms. The van der Waals surface area contributed by atoms with E-state index in [2.05, 4.69) is 44.4 Å². The van der Waals surface area contributed by atoms with Crippen molar-refractivity contribution in [3.8, 4) is 0 Å². The van der Waals surface area contributed by atoms with Crippen molar-refractivity contribution in [2.75, 3.05) is 23.7 Å². The van der Waals surface area contributed by atoms with E-state index < -0.39 is 0 Å². The molecule has 0 N–H and O–H groups in total. The number of anilines is 1. The number of thioether (sulfide) groups is 1. The van der Waals surface area contributed by atoms with Crippen LogP contribution in [0.4, 0.5) is 5.95 Å². The summed E-state index contributed by atoms with van der Waals surface area (Å²) in [5, 5.41) is 0.763. The highest BCUT2D eigenvalue weighted by Gasteiger charge is 2.15. The van der Waals surface area contributed by atoms with E-state index in [9.17, 15) is 0 Å². The average Bonchev–Trinajstić information content (AvgIpc) is 2.44. The standard InChI is InChI=1S/C10H14IN3S/c1-8-2-3-14(4-5-15-8)10-12-6-9(11)7-13-10/h6-8H,2-5H2,1H3. The summed E-state index contributed by atoms with van der Waals surface area (Å²) in [6.45, 7) is 4.44. The Labute approximate surface area is 108 Å². The summed E-state index contributed by atoms with van der Waals surface area (Å²) >= 11 is 4.27. The summed E-state index contributed by atoms with van der Waals surface area (Å²) in [4.78, 5) is 11.0. The SMILES string of the molecule is CC1CCN(c2ncc(I)cn2)CCS1. The Bertz CT molecular complexity index is 317. The van der Waals surface area contributed by atoms with Crippen molar-refractivity contribution in [2.24, 2.45) is 0 Å². The molecule has 3 nitrogen and oxygen atoms in total. The Morgan fingerprint density at radius 2 is 2.13 bits per heavy atom. The second-order valence-electron chi connectivity index (χ2n) is 3.66. The van der Waals surface area contributed by atoms with Crippen molar-refractivity contribution in [2.45, 2.75) is 18.6 Å². The molecular weight excluding hydrogens is 321 g/mol. The monoisotopic (exact) mass is 335 g/mol. The van der Waals surface area contributed by atoms with Crippen molar-refractivity contribution < 1.29 is 0 Å². The van der Waals surface area contributed by atoms with Crippen LogP contribution in [0.5, 0.6) is 0 Å². The van der Waals surface area contributed by atoms with Crippen molar-refractivity contribution >= 4 is 40.3 Å². The molecule has 0 amide bonds. The Hall–Kier alpha value is -0.0400. The van der Waals surface area contributed by atoms with Gasteiger partial charge in [0, 0.05) is 40.1 Å². The Morgan fingerprint density at radius 3 is 2.87 bits per heavy atom. The van der Waals surface area contributed by atoms with E-state index in [1.54, 1.807) is 0 Å². The van der Waals surface area contributed by atoms with Crippen LogP contribution in [0.2, 0.25) is 0 Å². The Kier molecular flexibility index (Phi) is 4.07. The van der Waals surface area contributed by atoms with Crippen molar-refractivity contribution in [3.63, 3.8) is 0 Å². The quantitative estimate of drug-likeness (QED) is 0.737. The van der Waals surface area contributed by atoms with Gasteiger partial charge in [0.15, 0.2) is 0 Å². The van der Waals surface area contributed by atoms with E-state index in [1.807, 2.05) is 24.2 Å². The first-order valence-corrected chi connectivity index (χ1v) is 7.22. The summed E-state index contributed by atoms with van der Waals surface area (Å²) in [6.07, 6.45) is 4.98. The van der Waals surface area contributed by atoms with Gasteiger partial charge in [-0.3, -0.25) is 0 Å². The number of rotatable bonds is 1. The maximum atomic E-state index is 4.37. The summed E-state index contributed by atoms with van der Waals surface area (Å²) < 4.78 is 1.09. The lowest BCUT2D eigenvalue weighted by molar-refractivity contribution is 0.741. The molecule has 1 aliphatic heterocycles. The van der Waals surface area contributed by atoms with Gasteiger partial charge in [-0.1, -0.05) is 6.92 Å². The second-order valence-corrected chi connectivity index (χ2v) is 6.45. The van der Waals surface area contributed by atoms with Gasteiger partial charge < -0.3 is 4.90 Å². The highest BCUT2D eigenvalue weighted by molar-refractivity contribution is 14.1. The molecular formula is C10H14IN3S. The summed E-state index contributed by atoms with van der Waals surface area (Å²) in [5.74, 6) is 2.06. The topological polar surface area (TPSA) is 29.0 Å². The summed E-state index contributed by atoms with van der Waals surface area (Å²) in [7, 11) is 0. The minimum absolute atomic E-state index is 0.763. The van der Waals surface area contributed by atoms with E-state index >= 15 is 0 Å². The fourth-order valence-electron chi connectivity index (χ4n) is 1.57. The van der Waals surface area contributed by atoms with Crippen molar-refractivity contribution in [1.82, 2.24) is 9.97 Å². The van der Waals surface area contributed by atoms with Crippen LogP contribution in [0.1, 0.15) is 13.3 Å². The molecule has 0 aliphatic carbocycles. The zero-order chi connectivity index (χ0) is 10.7. The third-order valence-electron chi connectivity index (χ3n) is 2.46. The fourth-order valence-corrected chi connectivity index (χ4v) is 2.84. The first-order chi connectivity index (χ1) is 7.25. The van der Waals surface area contributed by atoms with Crippen molar-refractivity contribution in [3.05, 3.63) is 16.0 Å². The van der Waals surface area contributed by atoms with Crippen LogP contribution in [0.3, 0.4) is 0 Å². The number of hydrogen-bond acceptors (Lipinski definition) is 4. The number of nitrogens with zero attached hydrogens (tertiary/aromatic N) is 3. The van der Waals surface area contributed by atoms with Gasteiger partial charge in [-0.05, 0) is 29.0 Å². The minimum Gasteiger partial charge on any atom is -0.340 e. The van der Waals surface area contributed by atoms with Gasteiger partial charge >= 0.3 is 0 Å². The molecule has 0 spiro atoms. The third-order valence-corrected chi connectivity index (χ3v) is 4.24. The van der Waals surface area contributed by atoms with Crippen LogP contribution in [-0.4, -0.2) is 34.1 Å². The molecule has 2 rings (SSSR count). The Balaban J connectivity index is 2.06. The largest absolute Gasteiger partial charge is 0.340 e. The zero-order valence-corrected chi connectivity index (χ0v) is 11.7. The van der Waals surface area contributed by atoms with Gasteiger partial charge in [-0.15, -0.1) is 0 Å². The van der Waals surface area contributed by atoms with Crippen LogP contribution < -0.4 is 4.90 Å². The molecule has 0 aromatic carbocycles. The highest BCUT2D eigenvalue weighted by Crippen LogP contribution is 2.20. The lowest BCUT2D eigenvalue weighted by atomic mass is 10.3. The fraction of sp³-hybridized carbons (Fsp3) is 0.600. The van der Waals surface area contributed by atoms with Crippen LogP contribution in [-0.2, 0) is 0 Å². The van der Waals surface area contributed by atoms with Gasteiger partial charge in [0.25, 0.3) is 0 Å². The Morgan fingerprint density at radius 1 is 1.40 bits per heavy atom. The minimum atomic E-state index is 0.763. The predicted molar refractivity (Wildman–Crippen MR) is 73.5 cm³/mol. The molecule has 1 atom stereocenters. The summed E-state index contributed by atoms with van der Waals surface area (Å²) in [5.41, 5.74) is 0. The highest BCUT2D eigenvalue weighted by atomic mass is 127. The van der Waals surface area contributed by atoms with Gasteiger partial charge in [-0.2, -0.15) is 11.8 Å². The lowest BCUT2D eigenvalue weighted by Gasteiger charge is -2.19. The molecule has 2 heterocycles. The van der Waals surface area contributed by atoms with E-state index in [0.29, 0.717) is 0 Å². The second kappa shape index (κ2) is 5.34. The maximum absolute atomic E-state index is 4.37. The molecule has 1 saturated heterocycles. The lowest BCUT2D eigenvalue weighted by Crippen LogP contribution is -2.27. The first kappa shape index (κ1) is 11.4. The average molecular weight is 335 g/mol. The molecule has 5 heteroatoms. The molecule has 0 saturated carbocycles. The third kappa shape index (κ3) is 3.21. The van der Waals surface area contributed by atoms with E-state index in [0.717, 1.165) is 27.9 Å². The van der Waals surface area contributed by atoms with Gasteiger partial charge in [0.1, 0.15) is 0 Å². The molecule has 1 aromatic rings. The van der Waals surface area contributed by atoms with Crippen LogP contribution in [0, 0.1) is 3.57 Å². The van der Waals surface area contributed by atoms with Gasteiger partial charge in [0.2, 0.25) is 5.95 Å². The van der Waals surface area contributed by atoms with E-state index in [1.165, 1.54) is 12.2 Å². The van der Waals surface area contributed by atoms with Crippen LogP contribution in [0.15, 0.2) is 12.4 Å². The molecule has 82 valence electrons. The molecule has 1 aromatic heterocycles. The molecule has 0 bridgehead atoms. The summed E-state index contributed by atoms with van der Waals surface area (Å²) in [6, 6.07) is 0. The van der Waals surface area contributed by atoms with E-state index in [-0.39, 0.29) is 0 Å². The predicted octanol–water partition coefficient (Wildman–Crippen LogP) is 2.41. The molecule has 1 fully saturated rings. The normalized spacial score (nSPS) is 22.5. The number of hydrogen-bond donors (Lipinski definition) is 0.